The van der Waals surface area contributed by atoms with Gasteiger partial charge in [-0.3, -0.25) is 0 Å². The molecule has 110 valence electrons. The molecule has 2 aliphatic heterocycles. The molecule has 3 atom stereocenters. The van der Waals surface area contributed by atoms with Crippen molar-refractivity contribution in [3.8, 4) is 0 Å². The molecule has 1 saturated heterocycles. The molecule has 0 radical (unpaired) electrons. The molecule has 2 heterocycles. The highest BCUT2D eigenvalue weighted by atomic mass is 32.2. The monoisotopic (exact) mass is 301 g/mol. The van der Waals surface area contributed by atoms with Gasteiger partial charge in [-0.1, -0.05) is 13.8 Å². The zero-order chi connectivity index (χ0) is 13.5. The number of hydrogen-bond donors (Lipinski definition) is 1. The first-order valence-electron chi connectivity index (χ1n) is 7.66. The number of ether oxygens (including phenoxy) is 1. The molecule has 0 spiro atoms. The topological polar surface area (TPSA) is 21.3 Å². The average molecular weight is 302 g/mol. The predicted octanol–water partition coefficient (Wildman–Crippen LogP) is 3.68. The van der Waals surface area contributed by atoms with Gasteiger partial charge in [0.15, 0.2) is 0 Å². The van der Waals surface area contributed by atoms with E-state index < -0.39 is 0 Å². The normalized spacial score (nSPS) is 29.5. The van der Waals surface area contributed by atoms with Crippen molar-refractivity contribution in [1.29, 1.82) is 0 Å². The van der Waals surface area contributed by atoms with Crippen LogP contribution in [0.4, 0.5) is 0 Å². The minimum Gasteiger partial charge on any atom is -0.497 e. The summed E-state index contributed by atoms with van der Waals surface area (Å²) in [5.74, 6) is 3.81. The van der Waals surface area contributed by atoms with E-state index in [9.17, 15) is 0 Å². The molecule has 2 rings (SSSR count). The van der Waals surface area contributed by atoms with Crippen LogP contribution in [0, 0.1) is 0 Å². The third-order valence-corrected chi connectivity index (χ3v) is 7.06. The fourth-order valence-corrected chi connectivity index (χ4v) is 5.95. The van der Waals surface area contributed by atoms with Gasteiger partial charge in [0.25, 0.3) is 0 Å². The van der Waals surface area contributed by atoms with Gasteiger partial charge in [0.2, 0.25) is 0 Å². The fourth-order valence-electron chi connectivity index (χ4n) is 2.72. The van der Waals surface area contributed by atoms with Gasteiger partial charge in [0.1, 0.15) is 5.76 Å². The van der Waals surface area contributed by atoms with Crippen molar-refractivity contribution in [1.82, 2.24) is 5.32 Å². The lowest BCUT2D eigenvalue weighted by Gasteiger charge is -2.38. The Balaban J connectivity index is 2.08. The summed E-state index contributed by atoms with van der Waals surface area (Å²) in [5, 5.41) is 5.18. The van der Waals surface area contributed by atoms with Gasteiger partial charge in [0.05, 0.1) is 12.6 Å². The summed E-state index contributed by atoms with van der Waals surface area (Å²) in [4.78, 5) is 0. The Morgan fingerprint density at radius 1 is 1.37 bits per heavy atom. The molecule has 0 aliphatic carbocycles. The second kappa shape index (κ2) is 8.48. The largest absolute Gasteiger partial charge is 0.497 e. The summed E-state index contributed by atoms with van der Waals surface area (Å²) >= 11 is 4.30. The van der Waals surface area contributed by atoms with Crippen molar-refractivity contribution >= 4 is 23.5 Å². The van der Waals surface area contributed by atoms with E-state index >= 15 is 0 Å². The summed E-state index contributed by atoms with van der Waals surface area (Å²) in [6.07, 6.45) is 7.13. The lowest BCUT2D eigenvalue weighted by Crippen LogP contribution is -2.47. The standard InChI is InChI=1S/C15H27NOS2/c1-3-8-16-14(12-7-5-6-9-17-12)15-13(4-2)18-10-11-19-15/h7,13-16H,3-6,8-11H2,1-2H3. The number of nitrogens with one attached hydrogen (secondary N) is 1. The van der Waals surface area contributed by atoms with Crippen LogP contribution in [0.5, 0.6) is 0 Å². The predicted molar refractivity (Wildman–Crippen MR) is 88.1 cm³/mol. The van der Waals surface area contributed by atoms with E-state index in [1.807, 2.05) is 0 Å². The summed E-state index contributed by atoms with van der Waals surface area (Å²) in [7, 11) is 0. The van der Waals surface area contributed by atoms with Gasteiger partial charge in [-0.2, -0.15) is 23.5 Å². The minimum absolute atomic E-state index is 0.419. The van der Waals surface area contributed by atoms with E-state index in [1.54, 1.807) is 0 Å². The molecular formula is C15H27NOS2. The molecule has 1 fully saturated rings. The van der Waals surface area contributed by atoms with Gasteiger partial charge in [-0.15, -0.1) is 0 Å². The highest BCUT2D eigenvalue weighted by Gasteiger charge is 2.35. The summed E-state index contributed by atoms with van der Waals surface area (Å²) < 4.78 is 5.96. The number of allylic oxidation sites excluding steroid dienone is 1. The number of hydrogen-bond acceptors (Lipinski definition) is 4. The van der Waals surface area contributed by atoms with Crippen molar-refractivity contribution in [2.75, 3.05) is 24.7 Å². The molecule has 0 aromatic heterocycles. The molecule has 3 unspecified atom stereocenters. The molecule has 0 saturated carbocycles. The van der Waals surface area contributed by atoms with E-state index in [0.717, 1.165) is 18.4 Å². The fraction of sp³-hybridized carbons (Fsp3) is 0.867. The number of rotatable bonds is 6. The smallest absolute Gasteiger partial charge is 0.110 e. The van der Waals surface area contributed by atoms with Gasteiger partial charge in [-0.25, -0.2) is 0 Å². The summed E-state index contributed by atoms with van der Waals surface area (Å²) in [6.45, 7) is 6.55. The third-order valence-electron chi connectivity index (χ3n) is 3.71. The zero-order valence-electron chi connectivity index (χ0n) is 12.2. The Hall–Kier alpha value is 0.200. The van der Waals surface area contributed by atoms with Crippen LogP contribution in [0.3, 0.4) is 0 Å². The van der Waals surface area contributed by atoms with Gasteiger partial charge >= 0.3 is 0 Å². The maximum absolute atomic E-state index is 5.96. The molecule has 19 heavy (non-hydrogen) atoms. The van der Waals surface area contributed by atoms with Crippen molar-refractivity contribution in [2.45, 2.75) is 56.1 Å². The highest BCUT2D eigenvalue weighted by molar-refractivity contribution is 8.07. The molecular weight excluding hydrogens is 274 g/mol. The molecule has 2 aliphatic rings. The van der Waals surface area contributed by atoms with Crippen molar-refractivity contribution in [3.05, 3.63) is 11.8 Å². The van der Waals surface area contributed by atoms with Gasteiger partial charge < -0.3 is 10.1 Å². The second-order valence-electron chi connectivity index (χ2n) is 5.18. The Bertz CT molecular complexity index is 296. The van der Waals surface area contributed by atoms with Crippen LogP contribution >= 0.6 is 23.5 Å². The van der Waals surface area contributed by atoms with Crippen LogP contribution in [0.1, 0.15) is 39.5 Å². The molecule has 0 aromatic carbocycles. The first-order chi connectivity index (χ1) is 9.36. The number of thioether (sulfide) groups is 2. The summed E-state index contributed by atoms with van der Waals surface area (Å²) in [6, 6.07) is 0.419. The SMILES string of the molecule is CCCNC(C1=CCCCO1)C1SCCSC1CC. The Kier molecular flexibility index (Phi) is 6.96. The third kappa shape index (κ3) is 4.33. The molecule has 0 bridgehead atoms. The van der Waals surface area contributed by atoms with Crippen molar-refractivity contribution < 1.29 is 4.74 Å². The molecule has 2 nitrogen and oxygen atoms in total. The van der Waals surface area contributed by atoms with Gasteiger partial charge in [0, 0.05) is 22.0 Å². The first-order valence-corrected chi connectivity index (χ1v) is 9.76. The average Bonchev–Trinajstić information content (AvgIpc) is 2.49. The molecule has 4 heteroatoms. The quantitative estimate of drug-likeness (QED) is 0.807. The Morgan fingerprint density at radius 2 is 2.21 bits per heavy atom. The van der Waals surface area contributed by atoms with Crippen LogP contribution in [0.2, 0.25) is 0 Å². The maximum Gasteiger partial charge on any atom is 0.110 e. The van der Waals surface area contributed by atoms with Crippen LogP contribution in [0.25, 0.3) is 0 Å². The highest BCUT2D eigenvalue weighted by Crippen LogP contribution is 2.37. The van der Waals surface area contributed by atoms with E-state index in [-0.39, 0.29) is 0 Å². The molecule has 0 amide bonds. The molecule has 0 aromatic rings. The lowest BCUT2D eigenvalue weighted by molar-refractivity contribution is 0.166. The van der Waals surface area contributed by atoms with E-state index in [0.29, 0.717) is 11.3 Å². The molecule has 1 N–H and O–H groups in total. The first kappa shape index (κ1) is 15.6. The maximum atomic E-state index is 5.96. The van der Waals surface area contributed by atoms with E-state index in [1.165, 1.54) is 42.9 Å². The van der Waals surface area contributed by atoms with Crippen molar-refractivity contribution in [3.63, 3.8) is 0 Å². The van der Waals surface area contributed by atoms with E-state index in [2.05, 4.69) is 48.8 Å². The van der Waals surface area contributed by atoms with Crippen LogP contribution in [-0.4, -0.2) is 41.2 Å². The van der Waals surface area contributed by atoms with Crippen LogP contribution in [-0.2, 0) is 4.74 Å². The Labute approximate surface area is 126 Å². The van der Waals surface area contributed by atoms with Crippen LogP contribution in [0.15, 0.2) is 11.8 Å². The zero-order valence-corrected chi connectivity index (χ0v) is 13.8. The van der Waals surface area contributed by atoms with Gasteiger partial charge in [-0.05, 0) is 38.3 Å². The van der Waals surface area contributed by atoms with Crippen molar-refractivity contribution in [2.24, 2.45) is 0 Å². The minimum atomic E-state index is 0.419. The lowest BCUT2D eigenvalue weighted by atomic mass is 10.0. The second-order valence-corrected chi connectivity index (χ2v) is 7.81. The Morgan fingerprint density at radius 3 is 2.89 bits per heavy atom. The summed E-state index contributed by atoms with van der Waals surface area (Å²) in [5.41, 5.74) is 0. The van der Waals surface area contributed by atoms with Crippen LogP contribution < -0.4 is 5.32 Å². The van der Waals surface area contributed by atoms with E-state index in [4.69, 9.17) is 4.74 Å².